The highest BCUT2D eigenvalue weighted by atomic mass is 19.1. The molecule has 1 aliphatic heterocycles. The summed E-state index contributed by atoms with van der Waals surface area (Å²) in [7, 11) is 3.48. The average Bonchev–Trinajstić information content (AvgIpc) is 2.71. The largest absolute Gasteiger partial charge is 0.371 e. The van der Waals surface area contributed by atoms with E-state index in [4.69, 9.17) is 0 Å². The van der Waals surface area contributed by atoms with Crippen LogP contribution >= 0.6 is 0 Å². The number of hydrogen-bond donors (Lipinski definition) is 1. The van der Waals surface area contributed by atoms with E-state index in [2.05, 4.69) is 10.2 Å². The lowest BCUT2D eigenvalue weighted by Crippen LogP contribution is -2.42. The van der Waals surface area contributed by atoms with Crippen LogP contribution in [0.1, 0.15) is 34.3 Å². The number of benzene rings is 2. The predicted molar refractivity (Wildman–Crippen MR) is 108 cm³/mol. The molecule has 0 saturated carbocycles. The molecule has 1 amide bonds. The molecule has 3 rings (SSSR count). The fourth-order valence-corrected chi connectivity index (χ4v) is 3.54. The Morgan fingerprint density at radius 1 is 1.11 bits per heavy atom. The number of amides is 1. The van der Waals surface area contributed by atoms with Gasteiger partial charge in [0.05, 0.1) is 0 Å². The minimum absolute atomic E-state index is 0.00919. The molecule has 1 heterocycles. The molecule has 0 spiro atoms. The Balaban J connectivity index is 1.54. The van der Waals surface area contributed by atoms with Gasteiger partial charge >= 0.3 is 0 Å². The molecule has 4 nitrogen and oxygen atoms in total. The van der Waals surface area contributed by atoms with Crippen molar-refractivity contribution in [2.75, 3.05) is 32.1 Å². The van der Waals surface area contributed by atoms with Crippen LogP contribution < -0.4 is 10.2 Å². The lowest BCUT2D eigenvalue weighted by atomic mass is 10.0. The Bertz CT molecular complexity index is 828. The van der Waals surface area contributed by atoms with Crippen molar-refractivity contribution in [2.45, 2.75) is 32.4 Å². The van der Waals surface area contributed by atoms with Gasteiger partial charge in [0, 0.05) is 56.6 Å². The lowest BCUT2D eigenvalue weighted by Gasteiger charge is -2.34. The maximum absolute atomic E-state index is 14.1. The topological polar surface area (TPSA) is 35.6 Å². The number of carbonyl (C=O) groups excluding carboxylic acids is 1. The number of anilines is 1. The normalized spacial score (nSPS) is 15.0. The molecule has 28 heavy (non-hydrogen) atoms. The smallest absolute Gasteiger partial charge is 0.253 e. The van der Waals surface area contributed by atoms with Gasteiger partial charge in [0.1, 0.15) is 11.6 Å². The summed E-state index contributed by atoms with van der Waals surface area (Å²) in [5.41, 5.74) is 2.34. The van der Waals surface area contributed by atoms with Crippen LogP contribution in [0.5, 0.6) is 0 Å². The predicted octanol–water partition coefficient (Wildman–Crippen LogP) is 3.73. The fourth-order valence-electron chi connectivity index (χ4n) is 3.54. The zero-order chi connectivity index (χ0) is 20.3. The van der Waals surface area contributed by atoms with Gasteiger partial charge in [-0.1, -0.05) is 6.07 Å². The van der Waals surface area contributed by atoms with Crippen molar-refractivity contribution in [3.05, 3.63) is 64.7 Å². The van der Waals surface area contributed by atoms with Crippen molar-refractivity contribution in [3.8, 4) is 0 Å². The highest BCUT2D eigenvalue weighted by Gasteiger charge is 2.21. The van der Waals surface area contributed by atoms with Gasteiger partial charge in [0.25, 0.3) is 5.91 Å². The molecule has 0 unspecified atom stereocenters. The molecule has 2 aromatic carbocycles. The molecule has 1 fully saturated rings. The van der Waals surface area contributed by atoms with E-state index < -0.39 is 11.6 Å². The third kappa shape index (κ3) is 4.50. The third-order valence-corrected chi connectivity index (χ3v) is 5.33. The van der Waals surface area contributed by atoms with Gasteiger partial charge in [-0.25, -0.2) is 8.78 Å². The first-order valence-electron chi connectivity index (χ1n) is 9.60. The van der Waals surface area contributed by atoms with E-state index in [9.17, 15) is 13.6 Å². The summed E-state index contributed by atoms with van der Waals surface area (Å²) in [4.78, 5) is 15.8. The van der Waals surface area contributed by atoms with Crippen molar-refractivity contribution >= 4 is 11.6 Å². The number of halogens is 2. The van der Waals surface area contributed by atoms with Crippen LogP contribution in [0, 0.1) is 18.6 Å². The molecule has 150 valence electrons. The van der Waals surface area contributed by atoms with E-state index >= 15 is 0 Å². The van der Waals surface area contributed by atoms with Crippen molar-refractivity contribution in [3.63, 3.8) is 0 Å². The van der Waals surface area contributed by atoms with Crippen LogP contribution in [0.3, 0.4) is 0 Å². The van der Waals surface area contributed by atoms with E-state index in [0.717, 1.165) is 31.6 Å². The Morgan fingerprint density at radius 3 is 2.36 bits per heavy atom. The van der Waals surface area contributed by atoms with Crippen molar-refractivity contribution in [1.29, 1.82) is 0 Å². The first-order valence-corrected chi connectivity index (χ1v) is 9.60. The summed E-state index contributed by atoms with van der Waals surface area (Å²) >= 11 is 0. The molecule has 0 bridgehead atoms. The zero-order valence-electron chi connectivity index (χ0n) is 16.6. The van der Waals surface area contributed by atoms with Gasteiger partial charge in [0.15, 0.2) is 0 Å². The summed E-state index contributed by atoms with van der Waals surface area (Å²) in [6, 6.07) is 10.7. The number of piperidine rings is 1. The summed E-state index contributed by atoms with van der Waals surface area (Å²) in [5, 5.41) is 3.30. The second kappa shape index (κ2) is 8.69. The van der Waals surface area contributed by atoms with Crippen LogP contribution in [-0.2, 0) is 6.54 Å². The minimum atomic E-state index is -0.500. The zero-order valence-corrected chi connectivity index (χ0v) is 16.6. The highest BCUT2D eigenvalue weighted by molar-refractivity contribution is 5.94. The van der Waals surface area contributed by atoms with Gasteiger partial charge in [-0.15, -0.1) is 0 Å². The molecule has 0 atom stereocenters. The third-order valence-electron chi connectivity index (χ3n) is 5.33. The number of rotatable bonds is 5. The molecule has 6 heteroatoms. The summed E-state index contributed by atoms with van der Waals surface area (Å²) in [5.74, 6) is -0.970. The highest BCUT2D eigenvalue weighted by Crippen LogP contribution is 2.22. The number of carbonyl (C=O) groups is 1. The number of aryl methyl sites for hydroxylation is 1. The minimum Gasteiger partial charge on any atom is -0.371 e. The molecular weight excluding hydrogens is 360 g/mol. The lowest BCUT2D eigenvalue weighted by molar-refractivity contribution is 0.0827. The quantitative estimate of drug-likeness (QED) is 0.849. The van der Waals surface area contributed by atoms with E-state index in [1.165, 1.54) is 12.1 Å². The summed E-state index contributed by atoms with van der Waals surface area (Å²) < 4.78 is 28.0. The molecule has 0 aliphatic carbocycles. The standard InChI is InChI=1S/C22H27F2N3O/c1-15-4-9-20(23)19(21(15)24)14-25-17-10-12-27(13-11-17)18-7-5-16(6-8-18)22(28)26(2)3/h4-9,17,25H,10-14H2,1-3H3. The molecule has 0 aromatic heterocycles. The Labute approximate surface area is 165 Å². The summed E-state index contributed by atoms with van der Waals surface area (Å²) in [6.07, 6.45) is 1.79. The molecule has 0 radical (unpaired) electrons. The van der Waals surface area contributed by atoms with E-state index in [1.807, 2.05) is 24.3 Å². The van der Waals surface area contributed by atoms with Crippen molar-refractivity contribution in [1.82, 2.24) is 10.2 Å². The van der Waals surface area contributed by atoms with Crippen molar-refractivity contribution in [2.24, 2.45) is 0 Å². The molecule has 1 saturated heterocycles. The monoisotopic (exact) mass is 387 g/mol. The maximum atomic E-state index is 14.1. The van der Waals surface area contributed by atoms with E-state index in [-0.39, 0.29) is 24.1 Å². The molecular formula is C22H27F2N3O. The van der Waals surface area contributed by atoms with Crippen LogP contribution in [-0.4, -0.2) is 44.0 Å². The number of hydrogen-bond acceptors (Lipinski definition) is 3. The maximum Gasteiger partial charge on any atom is 0.253 e. The fraction of sp³-hybridized carbons (Fsp3) is 0.409. The van der Waals surface area contributed by atoms with Gasteiger partial charge in [-0.05, 0) is 55.7 Å². The van der Waals surface area contributed by atoms with E-state index in [1.54, 1.807) is 25.9 Å². The van der Waals surface area contributed by atoms with Gasteiger partial charge in [-0.3, -0.25) is 4.79 Å². The SMILES string of the molecule is Cc1ccc(F)c(CNC2CCN(c3ccc(C(=O)N(C)C)cc3)CC2)c1F. The second-order valence-electron chi connectivity index (χ2n) is 7.55. The summed E-state index contributed by atoms with van der Waals surface area (Å²) in [6.45, 7) is 3.56. The second-order valence-corrected chi connectivity index (χ2v) is 7.55. The number of nitrogens with one attached hydrogen (secondary N) is 1. The van der Waals surface area contributed by atoms with Crippen molar-refractivity contribution < 1.29 is 13.6 Å². The Kier molecular flexibility index (Phi) is 6.29. The first kappa shape index (κ1) is 20.3. The van der Waals surface area contributed by atoms with Gasteiger partial charge in [-0.2, -0.15) is 0 Å². The Hall–Kier alpha value is -2.47. The van der Waals surface area contributed by atoms with E-state index in [0.29, 0.717) is 11.1 Å². The molecule has 1 N–H and O–H groups in total. The van der Waals surface area contributed by atoms with Crippen LogP contribution in [0.2, 0.25) is 0 Å². The first-order chi connectivity index (χ1) is 13.4. The molecule has 1 aliphatic rings. The van der Waals surface area contributed by atoms with Gasteiger partial charge in [0.2, 0.25) is 0 Å². The van der Waals surface area contributed by atoms with Crippen LogP contribution in [0.15, 0.2) is 36.4 Å². The van der Waals surface area contributed by atoms with Gasteiger partial charge < -0.3 is 15.1 Å². The molecule has 2 aromatic rings. The number of nitrogens with zero attached hydrogens (tertiary/aromatic N) is 2. The van der Waals surface area contributed by atoms with Crippen LogP contribution in [0.4, 0.5) is 14.5 Å². The Morgan fingerprint density at radius 2 is 1.75 bits per heavy atom. The average molecular weight is 387 g/mol. The van der Waals surface area contributed by atoms with Crippen LogP contribution in [0.25, 0.3) is 0 Å².